The van der Waals surface area contributed by atoms with Crippen molar-refractivity contribution in [1.82, 2.24) is 4.98 Å². The smallest absolute Gasteiger partial charge is 0.313 e. The fourth-order valence-electron chi connectivity index (χ4n) is 2.14. The van der Waals surface area contributed by atoms with E-state index in [-0.39, 0.29) is 11.9 Å². The second kappa shape index (κ2) is 5.54. The first-order valence-electron chi connectivity index (χ1n) is 6.11. The van der Waals surface area contributed by atoms with E-state index in [1.54, 1.807) is 6.08 Å². The average Bonchev–Trinajstić information content (AvgIpc) is 2.80. The van der Waals surface area contributed by atoms with Crippen molar-refractivity contribution in [3.63, 3.8) is 0 Å². The quantitative estimate of drug-likeness (QED) is 0.646. The maximum atomic E-state index is 12.0. The van der Waals surface area contributed by atoms with Crippen LogP contribution in [0.15, 0.2) is 43.1 Å². The third-order valence-electron chi connectivity index (χ3n) is 2.97. The first kappa shape index (κ1) is 12.4. The standard InChI is InChI=1S/C15H17NO2/c1-3-7-12(15(17)18-4-2)13-10-16-14-9-6-5-8-11(13)14/h3,5-6,8-10,12,16H,1,4,7H2,2H3. The Bertz CT molecular complexity index is 556. The summed E-state index contributed by atoms with van der Waals surface area (Å²) in [7, 11) is 0. The molecule has 2 rings (SSSR count). The lowest BCUT2D eigenvalue weighted by atomic mass is 9.95. The molecule has 0 bridgehead atoms. The summed E-state index contributed by atoms with van der Waals surface area (Å²) in [6.07, 6.45) is 4.22. The second-order valence-electron chi connectivity index (χ2n) is 4.12. The molecule has 1 N–H and O–H groups in total. The summed E-state index contributed by atoms with van der Waals surface area (Å²) in [4.78, 5) is 15.2. The Morgan fingerprint density at radius 1 is 1.50 bits per heavy atom. The number of fused-ring (bicyclic) bond motifs is 1. The number of hydrogen-bond acceptors (Lipinski definition) is 2. The van der Waals surface area contributed by atoms with Crippen LogP contribution in [0.5, 0.6) is 0 Å². The topological polar surface area (TPSA) is 42.1 Å². The number of aromatic nitrogens is 1. The lowest BCUT2D eigenvalue weighted by molar-refractivity contribution is -0.144. The highest BCUT2D eigenvalue weighted by molar-refractivity contribution is 5.90. The normalized spacial score (nSPS) is 12.3. The first-order valence-corrected chi connectivity index (χ1v) is 6.11. The predicted octanol–water partition coefficient (Wildman–Crippen LogP) is 3.39. The maximum absolute atomic E-state index is 12.0. The van der Waals surface area contributed by atoms with E-state index in [1.165, 1.54) is 0 Å². The minimum Gasteiger partial charge on any atom is -0.466 e. The van der Waals surface area contributed by atoms with Gasteiger partial charge in [0, 0.05) is 17.1 Å². The van der Waals surface area contributed by atoms with Gasteiger partial charge in [-0.1, -0.05) is 24.3 Å². The first-order chi connectivity index (χ1) is 8.77. The monoisotopic (exact) mass is 243 g/mol. The Balaban J connectivity index is 2.41. The molecule has 0 spiro atoms. The number of aromatic amines is 1. The molecule has 0 fully saturated rings. The number of benzene rings is 1. The van der Waals surface area contributed by atoms with Crippen LogP contribution in [-0.2, 0) is 9.53 Å². The van der Waals surface area contributed by atoms with Gasteiger partial charge in [-0.25, -0.2) is 0 Å². The van der Waals surface area contributed by atoms with Gasteiger partial charge in [0.15, 0.2) is 0 Å². The van der Waals surface area contributed by atoms with Gasteiger partial charge in [-0.15, -0.1) is 6.58 Å². The molecule has 1 aromatic carbocycles. The Morgan fingerprint density at radius 2 is 2.28 bits per heavy atom. The zero-order valence-electron chi connectivity index (χ0n) is 10.5. The highest BCUT2D eigenvalue weighted by Crippen LogP contribution is 2.29. The molecule has 2 aromatic rings. The molecule has 1 atom stereocenters. The van der Waals surface area contributed by atoms with Gasteiger partial charge in [-0.05, 0) is 25.0 Å². The Kier molecular flexibility index (Phi) is 3.82. The van der Waals surface area contributed by atoms with Gasteiger partial charge in [0.1, 0.15) is 0 Å². The molecule has 0 amide bonds. The van der Waals surface area contributed by atoms with E-state index >= 15 is 0 Å². The zero-order chi connectivity index (χ0) is 13.0. The van der Waals surface area contributed by atoms with Gasteiger partial charge >= 0.3 is 5.97 Å². The maximum Gasteiger partial charge on any atom is 0.313 e. The second-order valence-corrected chi connectivity index (χ2v) is 4.12. The van der Waals surface area contributed by atoms with Gasteiger partial charge in [0.2, 0.25) is 0 Å². The van der Waals surface area contributed by atoms with E-state index in [9.17, 15) is 4.79 Å². The fourth-order valence-corrected chi connectivity index (χ4v) is 2.14. The van der Waals surface area contributed by atoms with Crippen LogP contribution in [0.1, 0.15) is 24.8 Å². The van der Waals surface area contributed by atoms with Crippen LogP contribution < -0.4 is 0 Å². The van der Waals surface area contributed by atoms with Gasteiger partial charge in [-0.3, -0.25) is 4.79 Å². The van der Waals surface area contributed by atoms with Crippen molar-refractivity contribution in [3.8, 4) is 0 Å². The van der Waals surface area contributed by atoms with Crippen LogP contribution in [0, 0.1) is 0 Å². The molecule has 0 saturated carbocycles. The van der Waals surface area contributed by atoms with Crippen LogP contribution in [0.3, 0.4) is 0 Å². The molecule has 94 valence electrons. The minimum atomic E-state index is -0.279. The van der Waals surface area contributed by atoms with Gasteiger partial charge in [-0.2, -0.15) is 0 Å². The van der Waals surface area contributed by atoms with Crippen molar-refractivity contribution in [3.05, 3.63) is 48.7 Å². The van der Waals surface area contributed by atoms with E-state index < -0.39 is 0 Å². The molecule has 1 unspecified atom stereocenters. The van der Waals surface area contributed by atoms with E-state index in [2.05, 4.69) is 11.6 Å². The highest BCUT2D eigenvalue weighted by Gasteiger charge is 2.23. The Labute approximate surface area is 106 Å². The average molecular weight is 243 g/mol. The van der Waals surface area contributed by atoms with Gasteiger partial charge in [0.05, 0.1) is 12.5 Å². The number of allylic oxidation sites excluding steroid dienone is 1. The van der Waals surface area contributed by atoms with Crippen molar-refractivity contribution >= 4 is 16.9 Å². The summed E-state index contributed by atoms with van der Waals surface area (Å²) < 4.78 is 5.13. The number of rotatable bonds is 5. The Hall–Kier alpha value is -2.03. The summed E-state index contributed by atoms with van der Waals surface area (Å²) in [6.45, 7) is 5.93. The predicted molar refractivity (Wildman–Crippen MR) is 72.5 cm³/mol. The van der Waals surface area contributed by atoms with Crippen molar-refractivity contribution in [2.75, 3.05) is 6.61 Å². The summed E-state index contributed by atoms with van der Waals surface area (Å²) in [6, 6.07) is 7.94. The molecule has 0 saturated heterocycles. The van der Waals surface area contributed by atoms with E-state index in [1.807, 2.05) is 37.4 Å². The third-order valence-corrected chi connectivity index (χ3v) is 2.97. The summed E-state index contributed by atoms with van der Waals surface area (Å²) in [5.41, 5.74) is 2.01. The molecule has 1 aromatic heterocycles. The number of H-pyrrole nitrogens is 1. The molecule has 0 aliphatic carbocycles. The largest absolute Gasteiger partial charge is 0.466 e. The molecule has 0 aliphatic rings. The molecule has 18 heavy (non-hydrogen) atoms. The summed E-state index contributed by atoms with van der Waals surface area (Å²) in [5, 5.41) is 1.07. The third kappa shape index (κ3) is 2.30. The highest BCUT2D eigenvalue weighted by atomic mass is 16.5. The van der Waals surface area contributed by atoms with Crippen molar-refractivity contribution in [2.24, 2.45) is 0 Å². The number of nitrogens with one attached hydrogen (secondary N) is 1. The lowest BCUT2D eigenvalue weighted by Crippen LogP contribution is -2.15. The van der Waals surface area contributed by atoms with Crippen molar-refractivity contribution < 1.29 is 9.53 Å². The minimum absolute atomic E-state index is 0.192. The van der Waals surface area contributed by atoms with E-state index in [4.69, 9.17) is 4.74 Å². The molecule has 3 nitrogen and oxygen atoms in total. The van der Waals surface area contributed by atoms with Crippen molar-refractivity contribution in [1.29, 1.82) is 0 Å². The summed E-state index contributed by atoms with van der Waals surface area (Å²) >= 11 is 0. The lowest BCUT2D eigenvalue weighted by Gasteiger charge is -2.13. The molecular formula is C15H17NO2. The molecular weight excluding hydrogens is 226 g/mol. The van der Waals surface area contributed by atoms with Crippen LogP contribution in [0.4, 0.5) is 0 Å². The van der Waals surface area contributed by atoms with Crippen LogP contribution >= 0.6 is 0 Å². The SMILES string of the molecule is C=CCC(C(=O)OCC)c1c[nH]c2ccccc12. The number of esters is 1. The summed E-state index contributed by atoms with van der Waals surface area (Å²) in [5.74, 6) is -0.472. The number of carbonyl (C=O) groups is 1. The van der Waals surface area contributed by atoms with Gasteiger partial charge in [0.25, 0.3) is 0 Å². The van der Waals surface area contributed by atoms with E-state index in [0.29, 0.717) is 13.0 Å². The number of carbonyl (C=O) groups excluding carboxylic acids is 1. The van der Waals surface area contributed by atoms with Crippen LogP contribution in [0.2, 0.25) is 0 Å². The number of hydrogen-bond donors (Lipinski definition) is 1. The zero-order valence-corrected chi connectivity index (χ0v) is 10.5. The number of para-hydroxylation sites is 1. The van der Waals surface area contributed by atoms with E-state index in [0.717, 1.165) is 16.5 Å². The van der Waals surface area contributed by atoms with Crippen LogP contribution in [-0.4, -0.2) is 17.6 Å². The number of ether oxygens (including phenoxy) is 1. The van der Waals surface area contributed by atoms with Crippen LogP contribution in [0.25, 0.3) is 10.9 Å². The molecule has 0 radical (unpaired) electrons. The fraction of sp³-hybridized carbons (Fsp3) is 0.267. The van der Waals surface area contributed by atoms with Gasteiger partial charge < -0.3 is 9.72 Å². The molecule has 1 heterocycles. The Morgan fingerprint density at radius 3 is 3.00 bits per heavy atom. The molecule has 0 aliphatic heterocycles. The molecule has 3 heteroatoms. The van der Waals surface area contributed by atoms with Crippen molar-refractivity contribution in [2.45, 2.75) is 19.3 Å².